The van der Waals surface area contributed by atoms with Crippen molar-refractivity contribution in [3.8, 4) is 0 Å². The van der Waals surface area contributed by atoms with Crippen LogP contribution < -0.4 is 11.1 Å². The Morgan fingerprint density at radius 2 is 2.18 bits per heavy atom. The minimum absolute atomic E-state index is 0.198. The summed E-state index contributed by atoms with van der Waals surface area (Å²) in [6, 6.07) is 9.92. The van der Waals surface area contributed by atoms with Crippen LogP contribution >= 0.6 is 15.9 Å². The highest BCUT2D eigenvalue weighted by molar-refractivity contribution is 9.10. The van der Waals surface area contributed by atoms with E-state index in [1.165, 1.54) is 0 Å². The Labute approximate surface area is 109 Å². The standard InChI is InChI=1S/C13H14BrN3/c1-9(10-3-2-6-16-8-10)17-13-5-4-11(15)7-12(13)14/h2-9,17H,15H2,1H3. The average Bonchev–Trinajstić information content (AvgIpc) is 2.34. The van der Waals surface area contributed by atoms with Gasteiger partial charge < -0.3 is 11.1 Å². The summed E-state index contributed by atoms with van der Waals surface area (Å²) in [5, 5.41) is 3.41. The van der Waals surface area contributed by atoms with Gasteiger partial charge in [-0.05, 0) is 52.7 Å². The third-order valence-electron chi connectivity index (χ3n) is 2.55. The topological polar surface area (TPSA) is 50.9 Å². The molecule has 0 spiro atoms. The van der Waals surface area contributed by atoms with Crippen molar-refractivity contribution >= 4 is 27.3 Å². The van der Waals surface area contributed by atoms with Crippen molar-refractivity contribution in [3.05, 3.63) is 52.8 Å². The van der Waals surface area contributed by atoms with Crippen molar-refractivity contribution in [1.82, 2.24) is 4.98 Å². The number of anilines is 2. The minimum Gasteiger partial charge on any atom is -0.399 e. The van der Waals surface area contributed by atoms with Gasteiger partial charge in [-0.2, -0.15) is 0 Å². The summed E-state index contributed by atoms with van der Waals surface area (Å²) in [5.41, 5.74) is 8.62. The number of nitrogens with one attached hydrogen (secondary N) is 1. The van der Waals surface area contributed by atoms with Crippen molar-refractivity contribution < 1.29 is 0 Å². The van der Waals surface area contributed by atoms with Crippen LogP contribution in [0, 0.1) is 0 Å². The van der Waals surface area contributed by atoms with E-state index in [1.54, 1.807) is 6.20 Å². The molecule has 0 radical (unpaired) electrons. The summed E-state index contributed by atoms with van der Waals surface area (Å²) in [6.45, 7) is 2.10. The number of pyridine rings is 1. The smallest absolute Gasteiger partial charge is 0.0501 e. The summed E-state index contributed by atoms with van der Waals surface area (Å²) in [5.74, 6) is 0. The van der Waals surface area contributed by atoms with E-state index in [9.17, 15) is 0 Å². The number of nitrogens with zero attached hydrogens (tertiary/aromatic N) is 1. The Hall–Kier alpha value is -1.55. The van der Waals surface area contributed by atoms with Gasteiger partial charge in [0, 0.05) is 28.2 Å². The lowest BCUT2D eigenvalue weighted by molar-refractivity contribution is 0.875. The number of rotatable bonds is 3. The van der Waals surface area contributed by atoms with Crippen molar-refractivity contribution in [1.29, 1.82) is 0 Å². The van der Waals surface area contributed by atoms with Crippen LogP contribution in [0.5, 0.6) is 0 Å². The molecular formula is C13H14BrN3. The molecule has 17 heavy (non-hydrogen) atoms. The molecule has 0 aliphatic heterocycles. The molecule has 1 unspecified atom stereocenters. The Morgan fingerprint density at radius 1 is 1.35 bits per heavy atom. The first kappa shape index (κ1) is 11.9. The lowest BCUT2D eigenvalue weighted by Gasteiger charge is -2.16. The monoisotopic (exact) mass is 291 g/mol. The van der Waals surface area contributed by atoms with Crippen molar-refractivity contribution in [3.63, 3.8) is 0 Å². The highest BCUT2D eigenvalue weighted by atomic mass is 79.9. The van der Waals surface area contributed by atoms with Crippen LogP contribution in [0.2, 0.25) is 0 Å². The zero-order chi connectivity index (χ0) is 12.3. The van der Waals surface area contributed by atoms with Gasteiger partial charge in [-0.15, -0.1) is 0 Å². The number of hydrogen-bond donors (Lipinski definition) is 2. The number of hydrogen-bond acceptors (Lipinski definition) is 3. The molecule has 0 saturated carbocycles. The maximum Gasteiger partial charge on any atom is 0.0501 e. The average molecular weight is 292 g/mol. The fourth-order valence-electron chi connectivity index (χ4n) is 1.60. The summed E-state index contributed by atoms with van der Waals surface area (Å²) >= 11 is 3.49. The number of halogens is 1. The molecule has 0 fully saturated rings. The van der Waals surface area contributed by atoms with Crippen molar-refractivity contribution in [2.45, 2.75) is 13.0 Å². The van der Waals surface area contributed by atoms with Gasteiger partial charge in [-0.1, -0.05) is 6.07 Å². The van der Waals surface area contributed by atoms with Crippen LogP contribution in [0.4, 0.5) is 11.4 Å². The van der Waals surface area contributed by atoms with Crippen LogP contribution in [0.15, 0.2) is 47.2 Å². The Balaban J connectivity index is 2.16. The first-order chi connectivity index (χ1) is 8.16. The van der Waals surface area contributed by atoms with E-state index in [2.05, 4.69) is 39.2 Å². The van der Waals surface area contributed by atoms with Crippen LogP contribution in [0.1, 0.15) is 18.5 Å². The Morgan fingerprint density at radius 3 is 2.82 bits per heavy atom. The van der Waals surface area contributed by atoms with Crippen LogP contribution in [-0.2, 0) is 0 Å². The maximum absolute atomic E-state index is 5.70. The summed E-state index contributed by atoms with van der Waals surface area (Å²) in [6.07, 6.45) is 3.64. The summed E-state index contributed by atoms with van der Waals surface area (Å²) < 4.78 is 0.966. The second kappa shape index (κ2) is 5.19. The molecule has 88 valence electrons. The second-order valence-corrected chi connectivity index (χ2v) is 4.75. The van der Waals surface area contributed by atoms with E-state index in [-0.39, 0.29) is 6.04 Å². The van der Waals surface area contributed by atoms with E-state index in [0.29, 0.717) is 0 Å². The van der Waals surface area contributed by atoms with Gasteiger partial charge in [0.25, 0.3) is 0 Å². The molecule has 4 heteroatoms. The SMILES string of the molecule is CC(Nc1ccc(N)cc1Br)c1cccnc1. The third kappa shape index (κ3) is 2.97. The zero-order valence-corrected chi connectivity index (χ0v) is 11.1. The summed E-state index contributed by atoms with van der Waals surface area (Å²) in [4.78, 5) is 4.11. The normalized spacial score (nSPS) is 12.1. The number of nitrogens with two attached hydrogens (primary N) is 1. The largest absolute Gasteiger partial charge is 0.399 e. The molecule has 2 rings (SSSR count). The van der Waals surface area contributed by atoms with Gasteiger partial charge in [-0.3, -0.25) is 4.98 Å². The third-order valence-corrected chi connectivity index (χ3v) is 3.21. The predicted octanol–water partition coefficient (Wildman–Crippen LogP) is 3.60. The van der Waals surface area contributed by atoms with Gasteiger partial charge in [-0.25, -0.2) is 0 Å². The molecule has 3 nitrogen and oxygen atoms in total. The molecule has 1 aromatic heterocycles. The van der Waals surface area contributed by atoms with Crippen molar-refractivity contribution in [2.24, 2.45) is 0 Å². The van der Waals surface area contributed by atoms with Gasteiger partial charge in [0.2, 0.25) is 0 Å². The van der Waals surface area contributed by atoms with E-state index in [1.807, 2.05) is 30.5 Å². The van der Waals surface area contributed by atoms with Crippen LogP contribution in [-0.4, -0.2) is 4.98 Å². The predicted molar refractivity (Wildman–Crippen MR) is 74.8 cm³/mol. The molecule has 0 saturated heterocycles. The lowest BCUT2D eigenvalue weighted by atomic mass is 10.1. The van der Waals surface area contributed by atoms with Crippen LogP contribution in [0.25, 0.3) is 0 Å². The molecule has 0 bridgehead atoms. The molecule has 0 aliphatic carbocycles. The van der Waals surface area contributed by atoms with Crippen LogP contribution in [0.3, 0.4) is 0 Å². The first-order valence-corrected chi connectivity index (χ1v) is 6.17. The molecule has 0 amide bonds. The molecule has 1 heterocycles. The zero-order valence-electron chi connectivity index (χ0n) is 9.52. The molecule has 0 aliphatic rings. The van der Waals surface area contributed by atoms with Gasteiger partial charge in [0.1, 0.15) is 0 Å². The van der Waals surface area contributed by atoms with E-state index < -0.39 is 0 Å². The van der Waals surface area contributed by atoms with Gasteiger partial charge >= 0.3 is 0 Å². The van der Waals surface area contributed by atoms with Gasteiger partial charge in [0.05, 0.1) is 6.04 Å². The number of aromatic nitrogens is 1. The minimum atomic E-state index is 0.198. The number of nitrogen functional groups attached to an aromatic ring is 1. The maximum atomic E-state index is 5.70. The highest BCUT2D eigenvalue weighted by Crippen LogP contribution is 2.28. The first-order valence-electron chi connectivity index (χ1n) is 5.38. The molecular weight excluding hydrogens is 278 g/mol. The van der Waals surface area contributed by atoms with Gasteiger partial charge in [0.15, 0.2) is 0 Å². The van der Waals surface area contributed by atoms with E-state index in [0.717, 1.165) is 21.4 Å². The Kier molecular flexibility index (Phi) is 3.64. The fourth-order valence-corrected chi connectivity index (χ4v) is 2.11. The Bertz CT molecular complexity index is 499. The molecule has 1 atom stereocenters. The molecule has 1 aromatic carbocycles. The number of benzene rings is 1. The van der Waals surface area contributed by atoms with Crippen molar-refractivity contribution in [2.75, 3.05) is 11.1 Å². The van der Waals surface area contributed by atoms with E-state index >= 15 is 0 Å². The second-order valence-electron chi connectivity index (χ2n) is 3.89. The fraction of sp³-hybridized carbons (Fsp3) is 0.154. The quantitative estimate of drug-likeness (QED) is 0.850. The molecule has 2 aromatic rings. The molecule has 3 N–H and O–H groups in total. The summed E-state index contributed by atoms with van der Waals surface area (Å²) in [7, 11) is 0. The van der Waals surface area contributed by atoms with E-state index in [4.69, 9.17) is 5.73 Å². The highest BCUT2D eigenvalue weighted by Gasteiger charge is 2.07. The lowest BCUT2D eigenvalue weighted by Crippen LogP contribution is -2.07.